The number of fused-ring (bicyclic) bond motifs is 5. The first kappa shape index (κ1) is 28.3. The van der Waals surface area contributed by atoms with E-state index in [0.29, 0.717) is 11.1 Å². The molecule has 0 unspecified atom stereocenters. The number of nitrogens with zero attached hydrogens (tertiary/aromatic N) is 3. The molecule has 0 atom stereocenters. The van der Waals surface area contributed by atoms with Crippen molar-refractivity contribution in [3.63, 3.8) is 0 Å². The summed E-state index contributed by atoms with van der Waals surface area (Å²) >= 11 is 0. The van der Waals surface area contributed by atoms with E-state index < -0.39 is 0 Å². The highest BCUT2D eigenvalue weighted by Gasteiger charge is 2.21. The van der Waals surface area contributed by atoms with E-state index in [0.717, 1.165) is 49.7 Å². The summed E-state index contributed by atoms with van der Waals surface area (Å²) in [7, 11) is 0. The van der Waals surface area contributed by atoms with Crippen molar-refractivity contribution in [3.8, 4) is 51.2 Å². The highest BCUT2D eigenvalue weighted by molar-refractivity contribution is 6.21. The van der Waals surface area contributed by atoms with Gasteiger partial charge >= 0.3 is 0 Å². The lowest BCUT2D eigenvalue weighted by Gasteiger charge is -2.19. The van der Waals surface area contributed by atoms with Crippen LogP contribution in [0.1, 0.15) is 11.1 Å². The van der Waals surface area contributed by atoms with E-state index in [1.807, 2.05) is 30.3 Å². The number of hydrogen-bond acceptors (Lipinski definition) is 2. The second-order valence-electron chi connectivity index (χ2n) is 12.3. The average Bonchev–Trinajstić information content (AvgIpc) is 3.51. The fourth-order valence-electron chi connectivity index (χ4n) is 7.63. The predicted molar refractivity (Wildman–Crippen MR) is 202 cm³/mol. The third-order valence-electron chi connectivity index (χ3n) is 9.62. The van der Waals surface area contributed by atoms with Gasteiger partial charge in [0.15, 0.2) is 0 Å². The van der Waals surface area contributed by atoms with Crippen LogP contribution in [0.2, 0.25) is 0 Å². The summed E-state index contributed by atoms with van der Waals surface area (Å²) in [6, 6.07) is 61.4. The Hall–Kier alpha value is -6.94. The summed E-state index contributed by atoms with van der Waals surface area (Å²) in [5.41, 5.74) is 10.1. The van der Waals surface area contributed by atoms with Crippen LogP contribution in [-0.4, -0.2) is 4.57 Å². The first-order valence-corrected chi connectivity index (χ1v) is 16.3. The summed E-state index contributed by atoms with van der Waals surface area (Å²) in [5, 5.41) is 27.6. The number of nitriles is 2. The fraction of sp³-hybridized carbons (Fsp3) is 0. The zero-order valence-corrected chi connectivity index (χ0v) is 26.4. The second-order valence-corrected chi connectivity index (χ2v) is 12.3. The molecule has 0 N–H and O–H groups in total. The predicted octanol–water partition coefficient (Wildman–Crippen LogP) is 11.8. The van der Waals surface area contributed by atoms with E-state index in [9.17, 15) is 10.5 Å². The van der Waals surface area contributed by atoms with E-state index in [-0.39, 0.29) is 0 Å². The number of para-hydroxylation sites is 2. The lowest BCUT2D eigenvalue weighted by atomic mass is 9.85. The van der Waals surface area contributed by atoms with Crippen LogP contribution >= 0.6 is 0 Å². The largest absolute Gasteiger partial charge is 0.309 e. The van der Waals surface area contributed by atoms with Gasteiger partial charge in [-0.3, -0.25) is 0 Å². The van der Waals surface area contributed by atoms with Crippen molar-refractivity contribution in [1.29, 1.82) is 10.5 Å². The molecule has 0 aliphatic rings. The number of aromatic nitrogens is 1. The number of rotatable bonds is 4. The minimum atomic E-state index is 0.446. The minimum Gasteiger partial charge on any atom is -0.309 e. The molecule has 1 heterocycles. The van der Waals surface area contributed by atoms with Gasteiger partial charge in [-0.2, -0.15) is 10.5 Å². The molecule has 3 nitrogen and oxygen atoms in total. The molecular weight excluding hydrogens is 595 g/mol. The molecule has 0 amide bonds. The maximum atomic E-state index is 10.6. The van der Waals surface area contributed by atoms with Gasteiger partial charge in [-0.15, -0.1) is 0 Å². The van der Waals surface area contributed by atoms with Crippen molar-refractivity contribution in [1.82, 2.24) is 4.57 Å². The van der Waals surface area contributed by atoms with Crippen LogP contribution in [0, 0.1) is 22.7 Å². The number of benzene rings is 8. The van der Waals surface area contributed by atoms with Crippen LogP contribution in [0.3, 0.4) is 0 Å². The van der Waals surface area contributed by atoms with E-state index >= 15 is 0 Å². The monoisotopic (exact) mass is 621 g/mol. The fourth-order valence-corrected chi connectivity index (χ4v) is 7.63. The Morgan fingerprint density at radius 1 is 0.367 bits per heavy atom. The Kier molecular flexibility index (Phi) is 6.58. The average molecular weight is 622 g/mol. The Morgan fingerprint density at radius 3 is 1.35 bits per heavy atom. The summed E-state index contributed by atoms with van der Waals surface area (Å²) in [5.74, 6) is 0. The van der Waals surface area contributed by atoms with E-state index in [2.05, 4.69) is 144 Å². The minimum absolute atomic E-state index is 0.446. The van der Waals surface area contributed by atoms with Gasteiger partial charge in [0.2, 0.25) is 0 Å². The van der Waals surface area contributed by atoms with Gasteiger partial charge in [-0.1, -0.05) is 133 Å². The topological polar surface area (TPSA) is 52.5 Å². The quantitative estimate of drug-likeness (QED) is 0.184. The SMILES string of the molecule is N#Cc1cc(C#N)c(-c2cccc(-c3c4ccccc4c(-c4ccccc4)c4ccccc34)c2)c(-n2c3ccccc3c3ccccc32)c1. The van der Waals surface area contributed by atoms with Gasteiger partial charge in [0.05, 0.1) is 40.0 Å². The van der Waals surface area contributed by atoms with Crippen LogP contribution < -0.4 is 0 Å². The summed E-state index contributed by atoms with van der Waals surface area (Å²) in [4.78, 5) is 0. The van der Waals surface area contributed by atoms with Crippen LogP contribution in [0.5, 0.6) is 0 Å². The third-order valence-corrected chi connectivity index (χ3v) is 9.62. The lowest BCUT2D eigenvalue weighted by Crippen LogP contribution is -2.01. The molecule has 0 fully saturated rings. The highest BCUT2D eigenvalue weighted by Crippen LogP contribution is 2.45. The Balaban J connectivity index is 1.36. The van der Waals surface area contributed by atoms with Crippen LogP contribution in [0.4, 0.5) is 0 Å². The molecule has 0 radical (unpaired) electrons. The van der Waals surface area contributed by atoms with Crippen LogP contribution in [0.15, 0.2) is 164 Å². The third kappa shape index (κ3) is 4.42. The highest BCUT2D eigenvalue weighted by atomic mass is 15.0. The Bertz CT molecular complexity index is 2740. The molecule has 226 valence electrons. The van der Waals surface area contributed by atoms with Crippen molar-refractivity contribution in [2.45, 2.75) is 0 Å². The van der Waals surface area contributed by atoms with Crippen molar-refractivity contribution >= 4 is 43.4 Å². The molecule has 0 saturated heterocycles. The van der Waals surface area contributed by atoms with Crippen LogP contribution in [0.25, 0.3) is 82.4 Å². The Morgan fingerprint density at radius 2 is 0.816 bits per heavy atom. The standard InChI is InChI=1S/C46H27N3/c47-28-30-25-34(29-48)44(43(26-30)49-41-23-10-8-17-35(41)36-18-9-11-24-42(36)49)32-15-12-16-33(27-32)46-39-21-6-4-19-37(39)45(31-13-2-1-3-14-31)38-20-5-7-22-40(38)46/h1-27H. The number of hydrogen-bond donors (Lipinski definition) is 0. The van der Waals surface area contributed by atoms with Crippen molar-refractivity contribution in [3.05, 3.63) is 175 Å². The zero-order chi connectivity index (χ0) is 32.9. The summed E-state index contributed by atoms with van der Waals surface area (Å²) in [6.45, 7) is 0. The van der Waals surface area contributed by atoms with Gasteiger partial charge in [-0.25, -0.2) is 0 Å². The van der Waals surface area contributed by atoms with Gasteiger partial charge in [0.1, 0.15) is 0 Å². The molecule has 0 aliphatic carbocycles. The maximum Gasteiger partial charge on any atom is 0.0999 e. The summed E-state index contributed by atoms with van der Waals surface area (Å²) in [6.07, 6.45) is 0. The van der Waals surface area contributed by atoms with Crippen molar-refractivity contribution in [2.24, 2.45) is 0 Å². The molecule has 49 heavy (non-hydrogen) atoms. The molecule has 3 heteroatoms. The van der Waals surface area contributed by atoms with E-state index in [1.54, 1.807) is 6.07 Å². The molecule has 0 spiro atoms. The molecule has 1 aromatic heterocycles. The van der Waals surface area contributed by atoms with E-state index in [4.69, 9.17) is 0 Å². The van der Waals surface area contributed by atoms with Crippen molar-refractivity contribution in [2.75, 3.05) is 0 Å². The smallest absolute Gasteiger partial charge is 0.0999 e. The first-order chi connectivity index (χ1) is 24.2. The lowest BCUT2D eigenvalue weighted by molar-refractivity contribution is 1.17. The first-order valence-electron chi connectivity index (χ1n) is 16.3. The molecule has 0 aliphatic heterocycles. The molecule has 9 aromatic rings. The van der Waals surface area contributed by atoms with Crippen LogP contribution in [-0.2, 0) is 0 Å². The molecule has 0 bridgehead atoms. The molecular formula is C46H27N3. The van der Waals surface area contributed by atoms with Gasteiger partial charge in [0.25, 0.3) is 0 Å². The maximum absolute atomic E-state index is 10.6. The second kappa shape index (κ2) is 11.4. The molecule has 9 rings (SSSR count). The molecule has 0 saturated carbocycles. The van der Waals surface area contributed by atoms with Gasteiger partial charge in [0, 0.05) is 16.3 Å². The normalized spacial score (nSPS) is 11.2. The van der Waals surface area contributed by atoms with Crippen molar-refractivity contribution < 1.29 is 0 Å². The van der Waals surface area contributed by atoms with Gasteiger partial charge < -0.3 is 4.57 Å². The molecule has 8 aromatic carbocycles. The van der Waals surface area contributed by atoms with E-state index in [1.165, 1.54) is 32.7 Å². The zero-order valence-electron chi connectivity index (χ0n) is 26.4. The summed E-state index contributed by atoms with van der Waals surface area (Å²) < 4.78 is 2.20. The van der Waals surface area contributed by atoms with Gasteiger partial charge in [-0.05, 0) is 79.7 Å². The Labute approximate surface area is 283 Å².